The van der Waals surface area contributed by atoms with Crippen molar-refractivity contribution < 1.29 is 19.4 Å². The van der Waals surface area contributed by atoms with Gasteiger partial charge in [-0.25, -0.2) is 0 Å². The van der Waals surface area contributed by atoms with E-state index in [1.54, 1.807) is 18.2 Å². The fraction of sp³-hybridized carbons (Fsp3) is 0.259. The van der Waals surface area contributed by atoms with Gasteiger partial charge in [0.25, 0.3) is 0 Å². The quantitative estimate of drug-likeness (QED) is 0.286. The van der Waals surface area contributed by atoms with Gasteiger partial charge in [0, 0.05) is 0 Å². The zero-order chi connectivity index (χ0) is 24.9. The molecular formula is C27H29N3O4Se. The van der Waals surface area contributed by atoms with Crippen LogP contribution in [0.25, 0.3) is 22.8 Å². The van der Waals surface area contributed by atoms with Crippen LogP contribution in [-0.4, -0.2) is 69.6 Å². The van der Waals surface area contributed by atoms with Crippen molar-refractivity contribution >= 4 is 43.7 Å². The second kappa shape index (κ2) is 10.9. The summed E-state index contributed by atoms with van der Waals surface area (Å²) in [5, 5.41) is 15.8. The van der Waals surface area contributed by atoms with Gasteiger partial charge < -0.3 is 0 Å². The molecule has 2 heterocycles. The van der Waals surface area contributed by atoms with E-state index >= 15 is 0 Å². The second-order valence-corrected chi connectivity index (χ2v) is 10.5. The molecule has 0 radical (unpaired) electrons. The number of methoxy groups -OCH3 is 1. The van der Waals surface area contributed by atoms with Crippen molar-refractivity contribution in [2.75, 3.05) is 38.6 Å². The molecule has 0 spiro atoms. The van der Waals surface area contributed by atoms with E-state index in [-0.39, 0.29) is 32.1 Å². The standard InChI is InChI=1S/C27H29N3O4Se/c1-4-30(5-2)13-12-28-27(33)25-11-8-19(35-25)16-21-20-9-6-17(14-22(20)29-26(21)32)18-7-10-23(31)24(15-18)34-3/h6-11,14-16,31H,4-5,12-13H2,1-3H3,(H,28,33)(H,29,32)/b21-16-. The summed E-state index contributed by atoms with van der Waals surface area (Å²) >= 11 is -0.155. The van der Waals surface area contributed by atoms with Gasteiger partial charge in [-0.3, -0.25) is 0 Å². The van der Waals surface area contributed by atoms with Crippen molar-refractivity contribution in [2.45, 2.75) is 13.8 Å². The number of nitrogens with one attached hydrogen (secondary N) is 2. The molecule has 0 saturated carbocycles. The molecule has 3 aromatic rings. The van der Waals surface area contributed by atoms with Crippen LogP contribution in [0.1, 0.15) is 33.1 Å². The number of benzene rings is 2. The molecule has 2 aromatic carbocycles. The number of fused-ring (bicyclic) bond motifs is 1. The van der Waals surface area contributed by atoms with Crippen molar-refractivity contribution in [1.82, 2.24) is 10.2 Å². The Morgan fingerprint density at radius 2 is 1.86 bits per heavy atom. The van der Waals surface area contributed by atoms with Crippen LogP contribution < -0.4 is 15.4 Å². The Balaban J connectivity index is 1.50. The van der Waals surface area contributed by atoms with Crippen molar-refractivity contribution in [3.05, 3.63) is 63.0 Å². The molecule has 4 rings (SSSR count). The van der Waals surface area contributed by atoms with Crippen LogP contribution in [0.15, 0.2) is 48.5 Å². The van der Waals surface area contributed by atoms with Gasteiger partial charge in [-0.1, -0.05) is 0 Å². The normalized spacial score (nSPS) is 13.7. The molecule has 0 saturated heterocycles. The maximum absolute atomic E-state index is 12.7. The van der Waals surface area contributed by atoms with E-state index in [9.17, 15) is 14.7 Å². The molecule has 8 heteroatoms. The van der Waals surface area contributed by atoms with E-state index in [4.69, 9.17) is 4.74 Å². The van der Waals surface area contributed by atoms with Crippen LogP contribution >= 0.6 is 0 Å². The Bertz CT molecular complexity index is 1280. The summed E-state index contributed by atoms with van der Waals surface area (Å²) < 4.78 is 6.95. The summed E-state index contributed by atoms with van der Waals surface area (Å²) in [6.45, 7) is 7.61. The minimum absolute atomic E-state index is 0.0351. The van der Waals surface area contributed by atoms with Crippen LogP contribution in [0, 0.1) is 0 Å². The molecule has 7 nitrogen and oxygen atoms in total. The summed E-state index contributed by atoms with van der Waals surface area (Å²) in [6.07, 6.45) is 1.89. The predicted octanol–water partition coefficient (Wildman–Crippen LogP) is 3.69. The number of rotatable bonds is 9. The maximum atomic E-state index is 12.7. The molecule has 1 aliphatic heterocycles. The van der Waals surface area contributed by atoms with Gasteiger partial charge in [0.1, 0.15) is 0 Å². The summed E-state index contributed by atoms with van der Waals surface area (Å²) in [5.74, 6) is 0.276. The molecule has 0 atom stereocenters. The molecule has 3 N–H and O–H groups in total. The van der Waals surface area contributed by atoms with Crippen LogP contribution in [0.4, 0.5) is 5.69 Å². The van der Waals surface area contributed by atoms with Gasteiger partial charge in [0.05, 0.1) is 0 Å². The second-order valence-electron chi connectivity index (χ2n) is 8.14. The topological polar surface area (TPSA) is 90.9 Å². The van der Waals surface area contributed by atoms with E-state index in [0.29, 0.717) is 17.9 Å². The fourth-order valence-electron chi connectivity index (χ4n) is 4.02. The molecule has 182 valence electrons. The number of anilines is 1. The van der Waals surface area contributed by atoms with Crippen molar-refractivity contribution in [3.8, 4) is 22.6 Å². The number of carbonyl (C=O) groups excluding carboxylic acids is 2. The molecule has 0 unspecified atom stereocenters. The van der Waals surface area contributed by atoms with Gasteiger partial charge in [-0.05, 0) is 0 Å². The van der Waals surface area contributed by atoms with Gasteiger partial charge in [-0.15, -0.1) is 0 Å². The zero-order valence-electron chi connectivity index (χ0n) is 20.1. The fourth-order valence-corrected chi connectivity index (χ4v) is 5.84. The van der Waals surface area contributed by atoms with E-state index < -0.39 is 0 Å². The Morgan fingerprint density at radius 1 is 1.11 bits per heavy atom. The number of nitrogens with zero attached hydrogens (tertiary/aromatic N) is 1. The third kappa shape index (κ3) is 5.51. The summed E-state index contributed by atoms with van der Waals surface area (Å²) in [6, 6.07) is 14.7. The number of ether oxygens (including phenoxy) is 1. The van der Waals surface area contributed by atoms with Crippen molar-refractivity contribution in [1.29, 1.82) is 0 Å². The van der Waals surface area contributed by atoms with Gasteiger partial charge >= 0.3 is 211 Å². The number of phenols is 1. The summed E-state index contributed by atoms with van der Waals surface area (Å²) in [4.78, 5) is 27.5. The molecule has 35 heavy (non-hydrogen) atoms. The Hall–Kier alpha value is -3.32. The van der Waals surface area contributed by atoms with E-state index in [1.165, 1.54) is 7.11 Å². The first-order valence-corrected chi connectivity index (χ1v) is 13.3. The molecule has 1 aromatic heterocycles. The third-order valence-corrected chi connectivity index (χ3v) is 8.22. The molecule has 1 aliphatic rings. The number of phenolic OH excluding ortho intramolecular Hbond substituents is 1. The van der Waals surface area contributed by atoms with Crippen LogP contribution in [0.5, 0.6) is 11.5 Å². The monoisotopic (exact) mass is 539 g/mol. The molecule has 2 amide bonds. The van der Waals surface area contributed by atoms with Gasteiger partial charge in [0.2, 0.25) is 0 Å². The van der Waals surface area contributed by atoms with Gasteiger partial charge in [-0.2, -0.15) is 0 Å². The summed E-state index contributed by atoms with van der Waals surface area (Å²) in [7, 11) is 1.51. The minimum atomic E-state index is -0.158. The van der Waals surface area contributed by atoms with Crippen LogP contribution in [-0.2, 0) is 4.79 Å². The average molecular weight is 539 g/mol. The number of likely N-dealkylation sites (N-methyl/N-ethyl adjacent to an activating group) is 1. The molecule has 0 fully saturated rings. The Morgan fingerprint density at radius 3 is 2.60 bits per heavy atom. The van der Waals surface area contributed by atoms with E-state index in [0.717, 1.165) is 50.9 Å². The molecular weight excluding hydrogens is 509 g/mol. The third-order valence-electron chi connectivity index (χ3n) is 6.06. The van der Waals surface area contributed by atoms with Gasteiger partial charge in [0.15, 0.2) is 0 Å². The number of hydrogen-bond acceptors (Lipinski definition) is 5. The van der Waals surface area contributed by atoms with E-state index in [2.05, 4.69) is 29.4 Å². The number of carbonyl (C=O) groups is 2. The average Bonchev–Trinajstić information content (AvgIpc) is 3.46. The first kappa shape index (κ1) is 24.8. The van der Waals surface area contributed by atoms with Crippen LogP contribution in [0.2, 0.25) is 0 Å². The predicted molar refractivity (Wildman–Crippen MR) is 140 cm³/mol. The summed E-state index contributed by atoms with van der Waals surface area (Å²) in [5.41, 5.74) is 3.94. The molecule has 0 aliphatic carbocycles. The Labute approximate surface area is 211 Å². The van der Waals surface area contributed by atoms with E-state index in [1.807, 2.05) is 36.4 Å². The van der Waals surface area contributed by atoms with Crippen LogP contribution in [0.3, 0.4) is 0 Å². The molecule has 0 bridgehead atoms. The zero-order valence-corrected chi connectivity index (χ0v) is 21.8. The SMILES string of the molecule is CCN(CC)CCNC(=O)c1ccc(/C=C2\C(=O)Nc3cc(-c4ccc(O)c(OC)c4)ccc32)[se]1. The number of aromatic hydroxyl groups is 1. The van der Waals surface area contributed by atoms with Crippen molar-refractivity contribution in [3.63, 3.8) is 0 Å². The number of amides is 2. The first-order chi connectivity index (χ1) is 16.9. The first-order valence-electron chi connectivity index (χ1n) is 11.6. The van der Waals surface area contributed by atoms with Crippen molar-refractivity contribution in [2.24, 2.45) is 0 Å². The Kier molecular flexibility index (Phi) is 7.76. The number of hydrogen-bond donors (Lipinski definition) is 3.